The van der Waals surface area contributed by atoms with Gasteiger partial charge in [-0.25, -0.2) is 0 Å². The number of hydrogen-bond donors (Lipinski definition) is 1. The van der Waals surface area contributed by atoms with Gasteiger partial charge < -0.3 is 10.0 Å². The minimum absolute atomic E-state index is 0.156. The van der Waals surface area contributed by atoms with Gasteiger partial charge in [0.2, 0.25) is 5.91 Å². The predicted octanol–water partition coefficient (Wildman–Crippen LogP) is 2.34. The summed E-state index contributed by atoms with van der Waals surface area (Å²) in [5, 5.41) is 10.0. The highest BCUT2D eigenvalue weighted by Crippen LogP contribution is 2.26. The normalized spacial score (nSPS) is 16.8. The standard InChI is InChI=1S/C16H23NO2S/c1-2-9-16(19)12-17(13-16)15(18)11-20-10-8-14-6-4-3-5-7-14/h3-7,19H,2,8-13H2,1H3. The van der Waals surface area contributed by atoms with E-state index < -0.39 is 5.60 Å². The molecular weight excluding hydrogens is 270 g/mol. The lowest BCUT2D eigenvalue weighted by molar-refractivity contribution is -0.153. The second-order valence-corrected chi connectivity index (χ2v) is 6.62. The van der Waals surface area contributed by atoms with Crippen LogP contribution in [-0.4, -0.2) is 46.1 Å². The van der Waals surface area contributed by atoms with Gasteiger partial charge in [0, 0.05) is 0 Å². The van der Waals surface area contributed by atoms with Crippen molar-refractivity contribution in [3.63, 3.8) is 0 Å². The summed E-state index contributed by atoms with van der Waals surface area (Å²) in [5.74, 6) is 1.64. The van der Waals surface area contributed by atoms with Gasteiger partial charge in [-0.1, -0.05) is 43.7 Å². The van der Waals surface area contributed by atoms with Crippen molar-refractivity contribution in [2.45, 2.75) is 31.8 Å². The monoisotopic (exact) mass is 293 g/mol. The zero-order valence-electron chi connectivity index (χ0n) is 12.0. The molecule has 2 rings (SSSR count). The van der Waals surface area contributed by atoms with Crippen LogP contribution in [0.2, 0.25) is 0 Å². The first kappa shape index (κ1) is 15.4. The van der Waals surface area contributed by atoms with Gasteiger partial charge >= 0.3 is 0 Å². The van der Waals surface area contributed by atoms with Crippen LogP contribution in [0, 0.1) is 0 Å². The molecule has 0 aromatic heterocycles. The van der Waals surface area contributed by atoms with Crippen molar-refractivity contribution in [1.82, 2.24) is 4.90 Å². The van der Waals surface area contributed by atoms with Crippen molar-refractivity contribution in [3.8, 4) is 0 Å². The smallest absolute Gasteiger partial charge is 0.232 e. The van der Waals surface area contributed by atoms with Crippen molar-refractivity contribution in [2.75, 3.05) is 24.6 Å². The molecule has 3 nitrogen and oxygen atoms in total. The molecule has 4 heteroatoms. The molecule has 0 unspecified atom stereocenters. The third-order valence-corrected chi connectivity index (χ3v) is 4.59. The van der Waals surface area contributed by atoms with E-state index in [4.69, 9.17) is 0 Å². The number of rotatable bonds is 7. The number of hydrogen-bond acceptors (Lipinski definition) is 3. The van der Waals surface area contributed by atoms with Gasteiger partial charge in [-0.2, -0.15) is 11.8 Å². The van der Waals surface area contributed by atoms with Gasteiger partial charge in [-0.15, -0.1) is 0 Å². The van der Waals surface area contributed by atoms with Crippen LogP contribution >= 0.6 is 11.8 Å². The average molecular weight is 293 g/mol. The van der Waals surface area contributed by atoms with E-state index in [-0.39, 0.29) is 5.91 Å². The van der Waals surface area contributed by atoms with Gasteiger partial charge in [-0.05, 0) is 24.2 Å². The third kappa shape index (κ3) is 4.25. The molecule has 110 valence electrons. The van der Waals surface area contributed by atoms with Gasteiger partial charge in [0.15, 0.2) is 0 Å². The number of β-amino-alcohol motifs (C(OH)–C–C–N with tert-alkyl or cyclic N) is 1. The Morgan fingerprint density at radius 3 is 2.70 bits per heavy atom. The van der Waals surface area contributed by atoms with E-state index in [1.165, 1.54) is 5.56 Å². The van der Waals surface area contributed by atoms with E-state index in [0.29, 0.717) is 18.8 Å². The van der Waals surface area contributed by atoms with Crippen LogP contribution in [0.5, 0.6) is 0 Å². The molecule has 1 saturated heterocycles. The topological polar surface area (TPSA) is 40.5 Å². The van der Waals surface area contributed by atoms with E-state index >= 15 is 0 Å². The number of carbonyl (C=O) groups is 1. The molecule has 1 aliphatic heterocycles. The molecule has 0 spiro atoms. The summed E-state index contributed by atoms with van der Waals surface area (Å²) < 4.78 is 0. The number of likely N-dealkylation sites (tertiary alicyclic amines) is 1. The van der Waals surface area contributed by atoms with Crippen LogP contribution in [0.4, 0.5) is 0 Å². The number of aryl methyl sites for hydroxylation is 1. The number of benzene rings is 1. The van der Waals surface area contributed by atoms with Crippen molar-refractivity contribution in [2.24, 2.45) is 0 Å². The van der Waals surface area contributed by atoms with E-state index in [1.54, 1.807) is 16.7 Å². The van der Waals surface area contributed by atoms with E-state index in [1.807, 2.05) is 18.2 Å². The van der Waals surface area contributed by atoms with Crippen LogP contribution in [-0.2, 0) is 11.2 Å². The van der Waals surface area contributed by atoms with Crippen LogP contribution in [0.3, 0.4) is 0 Å². The molecule has 0 atom stereocenters. The van der Waals surface area contributed by atoms with E-state index in [2.05, 4.69) is 19.1 Å². The van der Waals surface area contributed by atoms with Gasteiger partial charge in [0.25, 0.3) is 0 Å². The Morgan fingerprint density at radius 2 is 2.05 bits per heavy atom. The predicted molar refractivity (Wildman–Crippen MR) is 83.9 cm³/mol. The maximum atomic E-state index is 11.9. The Hall–Kier alpha value is -1.00. The largest absolute Gasteiger partial charge is 0.386 e. The summed E-state index contributed by atoms with van der Waals surface area (Å²) in [5.41, 5.74) is 0.702. The van der Waals surface area contributed by atoms with Crippen LogP contribution in [0.1, 0.15) is 25.3 Å². The minimum Gasteiger partial charge on any atom is -0.386 e. The highest BCUT2D eigenvalue weighted by molar-refractivity contribution is 7.99. The Labute approximate surface area is 125 Å². The molecule has 0 aliphatic carbocycles. The second-order valence-electron chi connectivity index (χ2n) is 5.51. The Bertz CT molecular complexity index is 429. The molecule has 0 radical (unpaired) electrons. The second kappa shape index (κ2) is 7.14. The highest BCUT2D eigenvalue weighted by atomic mass is 32.2. The number of aliphatic hydroxyl groups is 1. The summed E-state index contributed by atoms with van der Waals surface area (Å²) in [6.45, 7) is 3.08. The lowest BCUT2D eigenvalue weighted by atomic mass is 9.89. The first-order valence-electron chi connectivity index (χ1n) is 7.25. The number of carbonyl (C=O) groups excluding carboxylic acids is 1. The summed E-state index contributed by atoms with van der Waals surface area (Å²) >= 11 is 1.67. The Balaban J connectivity index is 1.60. The first-order chi connectivity index (χ1) is 9.63. The number of nitrogens with zero attached hydrogens (tertiary/aromatic N) is 1. The van der Waals surface area contributed by atoms with Crippen LogP contribution in [0.15, 0.2) is 30.3 Å². The lowest BCUT2D eigenvalue weighted by Crippen LogP contribution is -2.63. The SMILES string of the molecule is CCCC1(O)CN(C(=O)CSCCc2ccccc2)C1. The lowest BCUT2D eigenvalue weighted by Gasteiger charge is -2.46. The number of thioether (sulfide) groups is 1. The molecule has 1 aromatic rings. The Kier molecular flexibility index (Phi) is 5.49. The Morgan fingerprint density at radius 1 is 1.35 bits per heavy atom. The van der Waals surface area contributed by atoms with E-state index in [9.17, 15) is 9.90 Å². The summed E-state index contributed by atoms with van der Waals surface area (Å²) in [6.07, 6.45) is 2.75. The summed E-state index contributed by atoms with van der Waals surface area (Å²) in [4.78, 5) is 13.7. The van der Waals surface area contributed by atoms with Gasteiger partial charge in [0.05, 0.1) is 24.4 Å². The van der Waals surface area contributed by atoms with E-state index in [0.717, 1.165) is 25.0 Å². The average Bonchev–Trinajstić information content (AvgIpc) is 2.42. The van der Waals surface area contributed by atoms with Crippen molar-refractivity contribution >= 4 is 17.7 Å². The summed E-state index contributed by atoms with van der Waals surface area (Å²) in [7, 11) is 0. The zero-order valence-corrected chi connectivity index (χ0v) is 12.9. The molecule has 0 bridgehead atoms. The fourth-order valence-electron chi connectivity index (χ4n) is 2.55. The zero-order chi connectivity index (χ0) is 14.4. The molecule has 1 aliphatic rings. The summed E-state index contributed by atoms with van der Waals surface area (Å²) in [6, 6.07) is 10.3. The molecule has 20 heavy (non-hydrogen) atoms. The molecule has 1 amide bonds. The fraction of sp³-hybridized carbons (Fsp3) is 0.562. The fourth-order valence-corrected chi connectivity index (χ4v) is 3.43. The minimum atomic E-state index is -0.612. The number of amides is 1. The molecule has 1 heterocycles. The van der Waals surface area contributed by atoms with Crippen LogP contribution in [0.25, 0.3) is 0 Å². The van der Waals surface area contributed by atoms with Crippen molar-refractivity contribution < 1.29 is 9.90 Å². The van der Waals surface area contributed by atoms with Crippen molar-refractivity contribution in [1.29, 1.82) is 0 Å². The molecule has 0 saturated carbocycles. The van der Waals surface area contributed by atoms with Gasteiger partial charge in [0.1, 0.15) is 0 Å². The highest BCUT2D eigenvalue weighted by Gasteiger charge is 2.42. The maximum Gasteiger partial charge on any atom is 0.232 e. The quantitative estimate of drug-likeness (QED) is 0.785. The molecule has 1 fully saturated rings. The first-order valence-corrected chi connectivity index (χ1v) is 8.40. The maximum absolute atomic E-state index is 11.9. The molecular formula is C16H23NO2S. The van der Waals surface area contributed by atoms with Crippen molar-refractivity contribution in [3.05, 3.63) is 35.9 Å². The van der Waals surface area contributed by atoms with Crippen LogP contribution < -0.4 is 0 Å². The third-order valence-electron chi connectivity index (χ3n) is 3.64. The van der Waals surface area contributed by atoms with Gasteiger partial charge in [-0.3, -0.25) is 4.79 Å². The molecule has 1 aromatic carbocycles. The molecule has 1 N–H and O–H groups in total.